The van der Waals surface area contributed by atoms with Crippen molar-refractivity contribution in [1.29, 1.82) is 0 Å². The van der Waals surface area contributed by atoms with Crippen LogP contribution in [0.2, 0.25) is 0 Å². The zero-order valence-electron chi connectivity index (χ0n) is 13.8. The molecule has 0 aromatic heterocycles. The van der Waals surface area contributed by atoms with Gasteiger partial charge in [0, 0.05) is 19.9 Å². The van der Waals surface area contributed by atoms with Gasteiger partial charge in [-0.05, 0) is 32.9 Å². The minimum absolute atomic E-state index is 0.206. The highest BCUT2D eigenvalue weighted by Gasteiger charge is 2.66. The van der Waals surface area contributed by atoms with Gasteiger partial charge in [-0.1, -0.05) is 12.1 Å². The van der Waals surface area contributed by atoms with Gasteiger partial charge in [-0.25, -0.2) is 4.79 Å². The summed E-state index contributed by atoms with van der Waals surface area (Å²) >= 11 is 0. The number of benzene rings is 1. The summed E-state index contributed by atoms with van der Waals surface area (Å²) in [5, 5.41) is 0. The maximum Gasteiger partial charge on any atom is 0.362 e. The molecule has 2 aliphatic heterocycles. The van der Waals surface area contributed by atoms with Crippen molar-refractivity contribution in [3.8, 4) is 0 Å². The van der Waals surface area contributed by atoms with E-state index in [0.717, 1.165) is 0 Å². The van der Waals surface area contributed by atoms with Crippen LogP contribution in [0.5, 0.6) is 0 Å². The minimum Gasteiger partial charge on any atom is -0.456 e. The van der Waals surface area contributed by atoms with Gasteiger partial charge in [-0.15, -0.1) is 0 Å². The Balaban J connectivity index is 2.20. The number of carbonyl (C=O) groups is 3. The van der Waals surface area contributed by atoms with Crippen LogP contribution in [0, 0.1) is 0 Å². The van der Waals surface area contributed by atoms with E-state index in [2.05, 4.69) is 0 Å². The van der Waals surface area contributed by atoms with E-state index in [1.165, 1.54) is 11.8 Å². The Labute approximate surface area is 135 Å². The van der Waals surface area contributed by atoms with E-state index in [0.29, 0.717) is 17.9 Å². The van der Waals surface area contributed by atoms with Crippen molar-refractivity contribution >= 4 is 29.0 Å². The third kappa shape index (κ3) is 2.04. The molecule has 23 heavy (non-hydrogen) atoms. The first-order valence-electron chi connectivity index (χ1n) is 7.64. The number of para-hydroxylation sites is 2. The Kier molecular flexibility index (Phi) is 3.25. The van der Waals surface area contributed by atoms with Gasteiger partial charge >= 0.3 is 5.97 Å². The van der Waals surface area contributed by atoms with Gasteiger partial charge in [0.2, 0.25) is 5.91 Å². The van der Waals surface area contributed by atoms with Crippen molar-refractivity contribution in [2.24, 2.45) is 0 Å². The first-order chi connectivity index (χ1) is 10.7. The SMILES string of the molecule is CC(=O)N1c2ccccc2N2CCC(=O)C21C(=O)OC(C)(C)C. The van der Waals surface area contributed by atoms with E-state index < -0.39 is 17.2 Å². The molecule has 1 aromatic rings. The molecule has 2 aliphatic rings. The van der Waals surface area contributed by atoms with Crippen molar-refractivity contribution in [3.05, 3.63) is 24.3 Å². The van der Waals surface area contributed by atoms with E-state index in [1.54, 1.807) is 37.8 Å². The number of ether oxygens (including phenoxy) is 1. The van der Waals surface area contributed by atoms with Crippen LogP contribution in [0.25, 0.3) is 0 Å². The lowest BCUT2D eigenvalue weighted by atomic mass is 10.0. The van der Waals surface area contributed by atoms with Gasteiger partial charge < -0.3 is 9.64 Å². The number of rotatable bonds is 1. The second-order valence-corrected chi connectivity index (χ2v) is 6.84. The molecule has 0 aliphatic carbocycles. The average molecular weight is 316 g/mol. The lowest BCUT2D eigenvalue weighted by molar-refractivity contribution is -0.163. The van der Waals surface area contributed by atoms with Crippen molar-refractivity contribution in [2.75, 3.05) is 16.3 Å². The molecule has 1 amide bonds. The van der Waals surface area contributed by atoms with Crippen LogP contribution >= 0.6 is 0 Å². The fourth-order valence-electron chi connectivity index (χ4n) is 3.36. The predicted octanol–water partition coefficient (Wildman–Crippen LogP) is 1.87. The van der Waals surface area contributed by atoms with Gasteiger partial charge in [0.15, 0.2) is 5.78 Å². The number of nitrogens with zero attached hydrogens (tertiary/aromatic N) is 2. The summed E-state index contributed by atoms with van der Waals surface area (Å²) in [4.78, 5) is 41.0. The lowest BCUT2D eigenvalue weighted by Crippen LogP contribution is -2.66. The standard InChI is InChI=1S/C17H20N2O4/c1-11(20)19-13-8-6-5-7-12(13)18-10-9-14(21)17(18,19)15(22)23-16(2,3)4/h5-8H,9-10H2,1-4H3. The summed E-state index contributed by atoms with van der Waals surface area (Å²) in [5.41, 5.74) is -1.18. The number of fused-ring (bicyclic) bond motifs is 3. The Morgan fingerprint density at radius 1 is 1.17 bits per heavy atom. The number of esters is 1. The summed E-state index contributed by atoms with van der Waals surface area (Å²) in [7, 11) is 0. The van der Waals surface area contributed by atoms with E-state index in [9.17, 15) is 14.4 Å². The molecule has 1 atom stereocenters. The zero-order valence-corrected chi connectivity index (χ0v) is 13.8. The molecule has 6 nitrogen and oxygen atoms in total. The number of ketones is 1. The number of carbonyl (C=O) groups excluding carboxylic acids is 3. The molecule has 0 spiro atoms. The van der Waals surface area contributed by atoms with Crippen molar-refractivity contribution in [2.45, 2.75) is 45.4 Å². The van der Waals surface area contributed by atoms with Crippen molar-refractivity contribution in [3.63, 3.8) is 0 Å². The van der Waals surface area contributed by atoms with Crippen LogP contribution in [0.3, 0.4) is 0 Å². The van der Waals surface area contributed by atoms with Gasteiger partial charge in [-0.3, -0.25) is 14.5 Å². The molecule has 1 saturated heterocycles. The highest BCUT2D eigenvalue weighted by atomic mass is 16.6. The highest BCUT2D eigenvalue weighted by molar-refractivity contribution is 6.24. The van der Waals surface area contributed by atoms with Gasteiger partial charge in [0.05, 0.1) is 11.4 Å². The second kappa shape index (κ2) is 4.81. The predicted molar refractivity (Wildman–Crippen MR) is 85.1 cm³/mol. The van der Waals surface area contributed by atoms with Crippen LogP contribution in [-0.4, -0.2) is 35.5 Å². The number of anilines is 2. The molecule has 0 radical (unpaired) electrons. The van der Waals surface area contributed by atoms with Crippen LogP contribution < -0.4 is 9.80 Å². The van der Waals surface area contributed by atoms with E-state index >= 15 is 0 Å². The quantitative estimate of drug-likeness (QED) is 0.584. The summed E-state index contributed by atoms with van der Waals surface area (Å²) in [6.45, 7) is 6.97. The van der Waals surface area contributed by atoms with Gasteiger partial charge in [0.1, 0.15) is 5.60 Å². The number of amides is 1. The molecule has 2 heterocycles. The van der Waals surface area contributed by atoms with E-state index in [1.807, 2.05) is 12.1 Å². The largest absolute Gasteiger partial charge is 0.456 e. The smallest absolute Gasteiger partial charge is 0.362 e. The Morgan fingerprint density at radius 3 is 2.35 bits per heavy atom. The normalized spacial score (nSPS) is 22.9. The lowest BCUT2D eigenvalue weighted by Gasteiger charge is -2.37. The topological polar surface area (TPSA) is 66.9 Å². The third-order valence-electron chi connectivity index (χ3n) is 4.08. The second-order valence-electron chi connectivity index (χ2n) is 6.84. The first-order valence-corrected chi connectivity index (χ1v) is 7.64. The Morgan fingerprint density at radius 2 is 1.78 bits per heavy atom. The fraction of sp³-hybridized carbons (Fsp3) is 0.471. The molecule has 1 unspecified atom stereocenters. The Bertz CT molecular complexity index is 707. The first kappa shape index (κ1) is 15.5. The molecular formula is C17H20N2O4. The molecule has 6 heteroatoms. The van der Waals surface area contributed by atoms with E-state index in [-0.39, 0.29) is 18.1 Å². The van der Waals surface area contributed by atoms with Crippen molar-refractivity contribution < 1.29 is 19.1 Å². The third-order valence-corrected chi connectivity index (χ3v) is 4.08. The zero-order chi connectivity index (χ0) is 17.0. The molecule has 0 N–H and O–H groups in total. The summed E-state index contributed by atoms with van der Waals surface area (Å²) in [6.07, 6.45) is 0.206. The van der Waals surface area contributed by atoms with Crippen molar-refractivity contribution in [1.82, 2.24) is 0 Å². The minimum atomic E-state index is -1.71. The summed E-state index contributed by atoms with van der Waals surface area (Å²) < 4.78 is 5.51. The average Bonchev–Trinajstić information content (AvgIpc) is 2.91. The number of hydrogen-bond donors (Lipinski definition) is 0. The van der Waals surface area contributed by atoms with Gasteiger partial charge in [-0.2, -0.15) is 0 Å². The highest BCUT2D eigenvalue weighted by Crippen LogP contribution is 2.49. The molecule has 0 saturated carbocycles. The molecule has 0 bridgehead atoms. The van der Waals surface area contributed by atoms with Gasteiger partial charge in [0.25, 0.3) is 5.66 Å². The van der Waals surface area contributed by atoms with Crippen LogP contribution in [0.1, 0.15) is 34.1 Å². The van der Waals surface area contributed by atoms with Crippen LogP contribution in [-0.2, 0) is 19.1 Å². The molecular weight excluding hydrogens is 296 g/mol. The molecule has 3 rings (SSSR count). The van der Waals surface area contributed by atoms with Crippen LogP contribution in [0.4, 0.5) is 11.4 Å². The molecule has 1 aromatic carbocycles. The maximum atomic E-state index is 13.0. The Hall–Kier alpha value is -2.37. The molecule has 122 valence electrons. The summed E-state index contributed by atoms with van der Waals surface area (Å²) in [6, 6.07) is 7.17. The fourth-order valence-corrected chi connectivity index (χ4v) is 3.36. The number of hydrogen-bond acceptors (Lipinski definition) is 5. The monoisotopic (exact) mass is 316 g/mol. The number of Topliss-reactive ketones (excluding diaryl/α,β-unsaturated/α-hetero) is 1. The van der Waals surface area contributed by atoms with Crippen LogP contribution in [0.15, 0.2) is 24.3 Å². The summed E-state index contributed by atoms with van der Waals surface area (Å²) in [5.74, 6) is -1.36. The maximum absolute atomic E-state index is 13.0. The molecule has 1 fully saturated rings. The van der Waals surface area contributed by atoms with E-state index in [4.69, 9.17) is 4.74 Å².